The van der Waals surface area contributed by atoms with Gasteiger partial charge in [0.15, 0.2) is 5.88 Å². The molecule has 4 aliphatic rings. The lowest BCUT2D eigenvalue weighted by Gasteiger charge is -2.21. The van der Waals surface area contributed by atoms with Crippen LogP contribution in [0.2, 0.25) is 0 Å². The van der Waals surface area contributed by atoms with E-state index in [4.69, 9.17) is 0 Å². The van der Waals surface area contributed by atoms with Gasteiger partial charge in [0.2, 0.25) is 0 Å². The largest absolute Gasteiger partial charge is 0.494 e. The zero-order valence-corrected chi connectivity index (χ0v) is 22.6. The second kappa shape index (κ2) is 6.46. The number of H-pyrrole nitrogens is 1. The van der Waals surface area contributed by atoms with E-state index in [2.05, 4.69) is 73.4 Å². The second-order valence-corrected chi connectivity index (χ2v) is 14.0. The highest BCUT2D eigenvalue weighted by molar-refractivity contribution is 7.23. The van der Waals surface area contributed by atoms with Gasteiger partial charge in [-0.3, -0.25) is 4.79 Å². The first-order valence-corrected chi connectivity index (χ1v) is 14.6. The molecule has 0 saturated carbocycles. The molecule has 0 fully saturated rings. The summed E-state index contributed by atoms with van der Waals surface area (Å²) < 4.78 is 0. The van der Waals surface area contributed by atoms with Crippen LogP contribution >= 0.6 is 34.0 Å². The lowest BCUT2D eigenvalue weighted by molar-refractivity contribution is 0.101. The normalized spacial score (nSPS) is 19.6. The molecule has 8 rings (SSSR count). The van der Waals surface area contributed by atoms with E-state index in [1.54, 1.807) is 34.0 Å². The summed E-state index contributed by atoms with van der Waals surface area (Å²) in [5.41, 5.74) is 8.88. The fraction of sp³-hybridized carbons (Fsp3) is 0.241. The molecule has 4 aromatic heterocycles. The molecular weight excluding hydrogens is 505 g/mol. The molecule has 1 amide bonds. The summed E-state index contributed by atoms with van der Waals surface area (Å²) >= 11 is 5.14. The number of nitrogens with one attached hydrogen (secondary N) is 1. The van der Waals surface area contributed by atoms with Crippen molar-refractivity contribution >= 4 is 51.2 Å². The molecule has 1 aliphatic heterocycles. The summed E-state index contributed by atoms with van der Waals surface area (Å²) in [5.74, 6) is -0.268. The monoisotopic (exact) mass is 526 g/mol. The number of thiophene rings is 3. The predicted octanol–water partition coefficient (Wildman–Crippen LogP) is 7.87. The van der Waals surface area contributed by atoms with Crippen LogP contribution in [0.15, 0.2) is 46.3 Å². The quantitative estimate of drug-likeness (QED) is 0.279. The van der Waals surface area contributed by atoms with Gasteiger partial charge >= 0.3 is 0 Å². The number of hydrogen-bond donors (Lipinski definition) is 2. The van der Waals surface area contributed by atoms with Crippen molar-refractivity contribution in [3.8, 4) is 26.2 Å². The Balaban J connectivity index is 1.25. The van der Waals surface area contributed by atoms with Crippen LogP contribution in [0.25, 0.3) is 25.9 Å². The zero-order chi connectivity index (χ0) is 24.7. The Morgan fingerprint density at radius 2 is 1.69 bits per heavy atom. The van der Waals surface area contributed by atoms with Crippen molar-refractivity contribution in [2.75, 3.05) is 0 Å². The fourth-order valence-corrected chi connectivity index (χ4v) is 10.4. The van der Waals surface area contributed by atoms with Gasteiger partial charge in [0.25, 0.3) is 5.91 Å². The van der Waals surface area contributed by atoms with E-state index in [1.165, 1.54) is 42.5 Å². The number of aromatic nitrogens is 1. The first-order valence-electron chi connectivity index (χ1n) is 12.0. The molecule has 3 aliphatic carbocycles. The average molecular weight is 527 g/mol. The number of aromatic hydroxyl groups is 1. The first kappa shape index (κ1) is 21.1. The van der Waals surface area contributed by atoms with Crippen molar-refractivity contribution in [1.82, 2.24) is 4.98 Å². The first-order chi connectivity index (χ1) is 17.2. The predicted molar refractivity (Wildman–Crippen MR) is 149 cm³/mol. The highest BCUT2D eigenvalue weighted by Gasteiger charge is 2.43. The maximum Gasteiger partial charge on any atom is 0.280 e. The van der Waals surface area contributed by atoms with Gasteiger partial charge in [-0.25, -0.2) is 4.99 Å². The van der Waals surface area contributed by atoms with E-state index in [9.17, 15) is 9.90 Å². The van der Waals surface area contributed by atoms with E-state index < -0.39 is 0 Å². The van der Waals surface area contributed by atoms with Crippen LogP contribution in [0.3, 0.4) is 0 Å². The van der Waals surface area contributed by atoms with Crippen LogP contribution in [0.1, 0.15) is 76.5 Å². The maximum atomic E-state index is 13.3. The lowest BCUT2D eigenvalue weighted by Crippen LogP contribution is -2.15. The third-order valence-electron chi connectivity index (χ3n) is 8.36. The molecular formula is C29H22N2O2S3. The number of carbonyl (C=O) groups is 1. The Kier molecular flexibility index (Phi) is 3.79. The molecule has 7 heteroatoms. The van der Waals surface area contributed by atoms with Gasteiger partial charge in [-0.2, -0.15) is 0 Å². The van der Waals surface area contributed by atoms with Crippen molar-refractivity contribution in [1.29, 1.82) is 0 Å². The molecule has 4 aromatic rings. The van der Waals surface area contributed by atoms with E-state index in [-0.39, 0.29) is 22.6 Å². The Hall–Kier alpha value is -3.00. The van der Waals surface area contributed by atoms with Crippen LogP contribution < -0.4 is 0 Å². The molecule has 5 heterocycles. The standard InChI is InChI=1S/C29H22N2O2S3/c1-28(2)13-7-5-6-12(13)23-15(28)10-17(35-23)21-19-20(27(33)30-21)22(31-26(19)32)18-11-16-25(36-18)24-14(8-9-34-24)29(16,3)4/h5,7-11,31-32H,6H2,1-4H3. The van der Waals surface area contributed by atoms with Crippen LogP contribution in [-0.4, -0.2) is 21.7 Å². The van der Waals surface area contributed by atoms with Crippen LogP contribution in [0.4, 0.5) is 0 Å². The van der Waals surface area contributed by atoms with Crippen LogP contribution in [0, 0.1) is 0 Å². The molecule has 0 aromatic carbocycles. The van der Waals surface area contributed by atoms with E-state index in [0.717, 1.165) is 16.2 Å². The topological polar surface area (TPSA) is 65.5 Å². The molecule has 4 nitrogen and oxygen atoms in total. The van der Waals surface area contributed by atoms with Crippen LogP contribution in [-0.2, 0) is 10.8 Å². The smallest absolute Gasteiger partial charge is 0.280 e. The van der Waals surface area contributed by atoms with Gasteiger partial charge in [-0.15, -0.1) is 34.0 Å². The number of rotatable bonds is 2. The van der Waals surface area contributed by atoms with Gasteiger partial charge in [0, 0.05) is 25.5 Å². The van der Waals surface area contributed by atoms with Crippen molar-refractivity contribution in [3.05, 3.63) is 78.9 Å². The summed E-state index contributed by atoms with van der Waals surface area (Å²) in [7, 11) is 0. The molecule has 0 saturated heterocycles. The number of hydrogen-bond acceptors (Lipinski definition) is 5. The van der Waals surface area contributed by atoms with Crippen molar-refractivity contribution in [2.45, 2.75) is 44.9 Å². The molecule has 36 heavy (non-hydrogen) atoms. The van der Waals surface area contributed by atoms with Gasteiger partial charge in [0.05, 0.1) is 32.3 Å². The zero-order valence-electron chi connectivity index (χ0n) is 20.2. The minimum atomic E-state index is -0.286. The van der Waals surface area contributed by atoms with Crippen molar-refractivity contribution in [2.24, 2.45) is 4.99 Å². The molecule has 0 unspecified atom stereocenters. The summed E-state index contributed by atoms with van der Waals surface area (Å²) in [5, 5.41) is 13.2. The summed E-state index contributed by atoms with van der Waals surface area (Å²) in [6.45, 7) is 9.02. The summed E-state index contributed by atoms with van der Waals surface area (Å²) in [4.78, 5) is 26.7. The van der Waals surface area contributed by atoms with Crippen LogP contribution in [0.5, 0.6) is 5.88 Å². The fourth-order valence-electron chi connectivity index (χ4n) is 6.42. The van der Waals surface area contributed by atoms with Gasteiger partial charge in [-0.05, 0) is 57.8 Å². The highest BCUT2D eigenvalue weighted by atomic mass is 32.1. The number of allylic oxidation sites excluding steroid dienone is 4. The summed E-state index contributed by atoms with van der Waals surface area (Å²) in [6, 6.07) is 6.58. The minimum absolute atomic E-state index is 0.0180. The molecule has 178 valence electrons. The Morgan fingerprint density at radius 3 is 2.53 bits per heavy atom. The Bertz CT molecular complexity index is 1790. The number of carbonyl (C=O) groups excluding carboxylic acids is 1. The third kappa shape index (κ3) is 2.35. The maximum absolute atomic E-state index is 13.3. The highest BCUT2D eigenvalue weighted by Crippen LogP contribution is 2.57. The number of fused-ring (bicyclic) bond motifs is 6. The van der Waals surface area contributed by atoms with Gasteiger partial charge in [-0.1, -0.05) is 39.8 Å². The Labute approximate surface area is 220 Å². The Morgan fingerprint density at radius 1 is 0.944 bits per heavy atom. The van der Waals surface area contributed by atoms with E-state index in [0.29, 0.717) is 22.5 Å². The molecule has 2 N–H and O–H groups in total. The second-order valence-electron chi connectivity index (χ2n) is 11.0. The molecule has 0 atom stereocenters. The molecule has 0 radical (unpaired) electrons. The average Bonchev–Trinajstić information content (AvgIpc) is 3.65. The van der Waals surface area contributed by atoms with Gasteiger partial charge < -0.3 is 10.1 Å². The lowest BCUT2D eigenvalue weighted by atomic mass is 9.82. The number of nitrogens with zero attached hydrogens (tertiary/aromatic N) is 1. The number of amides is 1. The summed E-state index contributed by atoms with van der Waals surface area (Å²) in [6.07, 6.45) is 5.43. The number of aromatic amines is 1. The third-order valence-corrected chi connectivity index (χ3v) is 11.8. The van der Waals surface area contributed by atoms with Crippen molar-refractivity contribution < 1.29 is 9.90 Å². The van der Waals surface area contributed by atoms with E-state index >= 15 is 0 Å². The van der Waals surface area contributed by atoms with Crippen molar-refractivity contribution in [3.63, 3.8) is 0 Å². The number of aliphatic imine (C=N–C) groups is 1. The SMILES string of the molecule is CC1(C)C2=C(CC=C2)c2sc(C3=NC(=O)c4c(-c5cc6c(s5)-c5sccc5C6(C)C)[nH]c(O)c43)cc21. The van der Waals surface area contributed by atoms with Gasteiger partial charge in [0.1, 0.15) is 0 Å². The molecule has 0 bridgehead atoms. The molecule has 0 spiro atoms. The van der Waals surface area contributed by atoms with E-state index in [1.807, 2.05) is 0 Å². The minimum Gasteiger partial charge on any atom is -0.494 e.